The number of aliphatic imine (C=N–C) groups is 1. The van der Waals surface area contributed by atoms with Crippen molar-refractivity contribution in [3.63, 3.8) is 0 Å². The second-order valence-electron chi connectivity index (χ2n) is 5.51. The lowest BCUT2D eigenvalue weighted by molar-refractivity contribution is 0.100. The normalized spacial score (nSPS) is 12.1. The molecule has 2 aromatic rings. The molecular weight excluding hydrogens is 268 g/mol. The Morgan fingerprint density at radius 3 is 2.71 bits per heavy atom. The topological polar surface area (TPSA) is 77.8 Å². The Hall–Kier alpha value is -2.30. The van der Waals surface area contributed by atoms with E-state index in [2.05, 4.69) is 18.8 Å². The summed E-state index contributed by atoms with van der Waals surface area (Å²) < 4.78 is 11.4. The highest BCUT2D eigenvalue weighted by molar-refractivity contribution is 6.05. The van der Waals surface area contributed by atoms with Gasteiger partial charge >= 0.3 is 0 Å². The molecule has 0 fully saturated rings. The van der Waals surface area contributed by atoms with Gasteiger partial charge in [0.15, 0.2) is 0 Å². The molecule has 0 spiro atoms. The van der Waals surface area contributed by atoms with Crippen LogP contribution in [0, 0.1) is 12.8 Å². The molecule has 1 aromatic carbocycles. The summed E-state index contributed by atoms with van der Waals surface area (Å²) in [7, 11) is 0. The molecular formula is C16H20N2O3. The molecule has 21 heavy (non-hydrogen) atoms. The summed E-state index contributed by atoms with van der Waals surface area (Å²) in [6, 6.07) is 5.25. The summed E-state index contributed by atoms with van der Waals surface area (Å²) in [5.74, 6) is 1.60. The monoisotopic (exact) mass is 288 g/mol. The minimum atomic E-state index is -0.402. The van der Waals surface area contributed by atoms with E-state index in [9.17, 15) is 4.79 Å². The number of furan rings is 1. The van der Waals surface area contributed by atoms with Gasteiger partial charge in [0.2, 0.25) is 0 Å². The predicted octanol–water partition coefficient (Wildman–Crippen LogP) is 3.29. The second-order valence-corrected chi connectivity index (χ2v) is 5.51. The van der Waals surface area contributed by atoms with Gasteiger partial charge in [-0.2, -0.15) is 4.99 Å². The van der Waals surface area contributed by atoms with Crippen LogP contribution in [0.3, 0.4) is 0 Å². The first-order valence-corrected chi connectivity index (χ1v) is 6.89. The van der Waals surface area contributed by atoms with E-state index >= 15 is 0 Å². The smallest absolute Gasteiger partial charge is 0.278 e. The maximum Gasteiger partial charge on any atom is 0.278 e. The van der Waals surface area contributed by atoms with Crippen LogP contribution in [0.15, 0.2) is 27.6 Å². The van der Waals surface area contributed by atoms with Crippen molar-refractivity contribution in [2.24, 2.45) is 16.6 Å². The van der Waals surface area contributed by atoms with Gasteiger partial charge in [-0.1, -0.05) is 13.8 Å². The Bertz CT molecular complexity index is 695. The van der Waals surface area contributed by atoms with E-state index < -0.39 is 5.91 Å². The van der Waals surface area contributed by atoms with E-state index in [-0.39, 0.29) is 5.84 Å². The summed E-state index contributed by atoms with van der Waals surface area (Å²) in [6.07, 6.45) is 0. The molecule has 5 heteroatoms. The van der Waals surface area contributed by atoms with Crippen LogP contribution in [-0.2, 0) is 0 Å². The molecule has 2 N–H and O–H groups in total. The van der Waals surface area contributed by atoms with E-state index in [0.29, 0.717) is 29.4 Å². The number of hydrogen-bond donors (Lipinski definition) is 1. The largest absolute Gasteiger partial charge is 0.493 e. The number of fused-ring (bicyclic) bond motifs is 1. The molecule has 112 valence electrons. The summed E-state index contributed by atoms with van der Waals surface area (Å²) in [6.45, 7) is 8.12. The third-order valence-corrected chi connectivity index (χ3v) is 2.82. The van der Waals surface area contributed by atoms with Crippen molar-refractivity contribution >= 4 is 22.7 Å². The number of rotatable bonds is 4. The Balaban J connectivity index is 2.48. The molecule has 0 aliphatic rings. The van der Waals surface area contributed by atoms with Crippen molar-refractivity contribution in [3.8, 4) is 5.75 Å². The Kier molecular flexibility index (Phi) is 4.31. The first-order valence-electron chi connectivity index (χ1n) is 6.89. The van der Waals surface area contributed by atoms with Crippen LogP contribution in [0.25, 0.3) is 11.0 Å². The highest BCUT2D eigenvalue weighted by Gasteiger charge is 2.14. The molecule has 0 bridgehead atoms. The standard InChI is InChI=1S/C16H20N2O3/c1-9(2)8-20-14-6-12(16(19)18-11(4)17)7-15-13(14)5-10(3)21-15/h5-7,9H,8H2,1-4H3,(H2,17,18,19). The van der Waals surface area contributed by atoms with E-state index in [0.717, 1.165) is 11.1 Å². The van der Waals surface area contributed by atoms with E-state index in [4.69, 9.17) is 14.9 Å². The van der Waals surface area contributed by atoms with Gasteiger partial charge < -0.3 is 14.9 Å². The van der Waals surface area contributed by atoms with Crippen LogP contribution in [0.5, 0.6) is 5.75 Å². The van der Waals surface area contributed by atoms with Crippen LogP contribution in [-0.4, -0.2) is 18.3 Å². The number of amidine groups is 1. The number of hydrogen-bond acceptors (Lipinski definition) is 3. The number of nitrogens with zero attached hydrogens (tertiary/aromatic N) is 1. The fourth-order valence-corrected chi connectivity index (χ4v) is 1.96. The van der Waals surface area contributed by atoms with Gasteiger partial charge in [-0.3, -0.25) is 4.79 Å². The third-order valence-electron chi connectivity index (χ3n) is 2.82. The highest BCUT2D eigenvalue weighted by Crippen LogP contribution is 2.31. The van der Waals surface area contributed by atoms with Crippen LogP contribution in [0.2, 0.25) is 0 Å². The molecule has 0 unspecified atom stereocenters. The molecule has 1 heterocycles. The maximum atomic E-state index is 12.0. The Morgan fingerprint density at radius 2 is 2.10 bits per heavy atom. The summed E-state index contributed by atoms with van der Waals surface area (Å²) in [4.78, 5) is 15.8. The van der Waals surface area contributed by atoms with Crippen molar-refractivity contribution in [2.45, 2.75) is 27.7 Å². The van der Waals surface area contributed by atoms with E-state index in [1.165, 1.54) is 0 Å². The third kappa shape index (κ3) is 3.62. The van der Waals surface area contributed by atoms with Gasteiger partial charge in [-0.05, 0) is 38.0 Å². The molecule has 0 radical (unpaired) electrons. The summed E-state index contributed by atoms with van der Waals surface area (Å²) in [5.41, 5.74) is 6.47. The van der Waals surface area contributed by atoms with Crippen molar-refractivity contribution in [1.82, 2.24) is 0 Å². The quantitative estimate of drug-likeness (QED) is 0.691. The number of carbonyl (C=O) groups is 1. The fraction of sp³-hybridized carbons (Fsp3) is 0.375. The van der Waals surface area contributed by atoms with Crippen LogP contribution in [0.4, 0.5) is 0 Å². The number of aryl methyl sites for hydroxylation is 1. The number of benzene rings is 1. The number of carbonyl (C=O) groups excluding carboxylic acids is 1. The first-order chi connectivity index (χ1) is 9.86. The van der Waals surface area contributed by atoms with E-state index in [1.807, 2.05) is 13.0 Å². The molecule has 2 rings (SSSR count). The Labute approximate surface area is 123 Å². The van der Waals surface area contributed by atoms with Gasteiger partial charge in [0.1, 0.15) is 22.9 Å². The van der Waals surface area contributed by atoms with E-state index in [1.54, 1.807) is 19.1 Å². The first kappa shape index (κ1) is 15.1. The fourth-order valence-electron chi connectivity index (χ4n) is 1.96. The average molecular weight is 288 g/mol. The number of amides is 1. The van der Waals surface area contributed by atoms with Gasteiger partial charge in [0.05, 0.1) is 12.0 Å². The summed E-state index contributed by atoms with van der Waals surface area (Å²) >= 11 is 0. The van der Waals surface area contributed by atoms with Crippen LogP contribution < -0.4 is 10.5 Å². The van der Waals surface area contributed by atoms with Gasteiger partial charge in [-0.25, -0.2) is 0 Å². The lowest BCUT2D eigenvalue weighted by Gasteiger charge is -2.10. The zero-order chi connectivity index (χ0) is 15.6. The molecule has 5 nitrogen and oxygen atoms in total. The average Bonchev–Trinajstić information content (AvgIpc) is 2.74. The molecule has 1 aromatic heterocycles. The zero-order valence-electron chi connectivity index (χ0n) is 12.8. The van der Waals surface area contributed by atoms with Crippen LogP contribution in [0.1, 0.15) is 36.9 Å². The van der Waals surface area contributed by atoms with Gasteiger partial charge in [-0.15, -0.1) is 0 Å². The zero-order valence-corrected chi connectivity index (χ0v) is 12.8. The van der Waals surface area contributed by atoms with Crippen LogP contribution >= 0.6 is 0 Å². The van der Waals surface area contributed by atoms with Crippen molar-refractivity contribution in [1.29, 1.82) is 0 Å². The molecule has 1 amide bonds. The molecule has 0 saturated heterocycles. The molecule has 0 aliphatic carbocycles. The Morgan fingerprint density at radius 1 is 1.38 bits per heavy atom. The molecule has 0 saturated carbocycles. The number of nitrogens with two attached hydrogens (primary N) is 1. The molecule has 0 atom stereocenters. The van der Waals surface area contributed by atoms with Crippen molar-refractivity contribution in [3.05, 3.63) is 29.5 Å². The SMILES string of the molecule is CC(N)=NC(=O)c1cc(OCC(C)C)c2cc(C)oc2c1. The lowest BCUT2D eigenvalue weighted by Crippen LogP contribution is -2.10. The molecule has 0 aliphatic heterocycles. The minimum Gasteiger partial charge on any atom is -0.493 e. The maximum absolute atomic E-state index is 12.0. The summed E-state index contributed by atoms with van der Waals surface area (Å²) in [5, 5.41) is 0.859. The highest BCUT2D eigenvalue weighted by atomic mass is 16.5. The predicted molar refractivity (Wildman–Crippen MR) is 82.9 cm³/mol. The second kappa shape index (κ2) is 5.99. The van der Waals surface area contributed by atoms with Gasteiger partial charge in [0, 0.05) is 5.56 Å². The van der Waals surface area contributed by atoms with Gasteiger partial charge in [0.25, 0.3) is 5.91 Å². The van der Waals surface area contributed by atoms with Crippen molar-refractivity contribution < 1.29 is 13.9 Å². The number of ether oxygens (including phenoxy) is 1. The minimum absolute atomic E-state index is 0.223. The van der Waals surface area contributed by atoms with Crippen molar-refractivity contribution in [2.75, 3.05) is 6.61 Å². The lowest BCUT2D eigenvalue weighted by atomic mass is 10.1.